The molecule has 0 saturated heterocycles. The van der Waals surface area contributed by atoms with Gasteiger partial charge in [0.2, 0.25) is 0 Å². The Morgan fingerprint density at radius 3 is 2.35 bits per heavy atom. The van der Waals surface area contributed by atoms with Gasteiger partial charge in [0, 0.05) is 22.1 Å². The highest BCUT2D eigenvalue weighted by molar-refractivity contribution is 14.1. The van der Waals surface area contributed by atoms with E-state index in [2.05, 4.69) is 41.8 Å². The van der Waals surface area contributed by atoms with Crippen LogP contribution in [0.1, 0.15) is 37.0 Å². The fraction of sp³-hybridized carbons (Fsp3) is 0.467. The van der Waals surface area contributed by atoms with Gasteiger partial charge in [0.1, 0.15) is 0 Å². The number of nitrogens with one attached hydrogen (secondary N) is 1. The van der Waals surface area contributed by atoms with Gasteiger partial charge in [-0.3, -0.25) is 9.59 Å². The summed E-state index contributed by atoms with van der Waals surface area (Å²) < 4.78 is 1.07. The molecule has 0 aliphatic heterocycles. The van der Waals surface area contributed by atoms with Crippen molar-refractivity contribution in [3.63, 3.8) is 0 Å². The van der Waals surface area contributed by atoms with Crippen LogP contribution in [0.3, 0.4) is 0 Å². The molecule has 0 spiro atoms. The van der Waals surface area contributed by atoms with Gasteiger partial charge in [0.05, 0.1) is 0 Å². The van der Waals surface area contributed by atoms with E-state index in [1.54, 1.807) is 12.1 Å². The number of amides is 1. The molecule has 0 saturated carbocycles. The van der Waals surface area contributed by atoms with Crippen molar-refractivity contribution in [2.75, 3.05) is 6.54 Å². The van der Waals surface area contributed by atoms with Gasteiger partial charge in [-0.2, -0.15) is 0 Å². The van der Waals surface area contributed by atoms with Crippen LogP contribution < -0.4 is 5.32 Å². The normalized spacial score (nSPS) is 12.2. The van der Waals surface area contributed by atoms with Crippen LogP contribution in [0.4, 0.5) is 0 Å². The Kier molecular flexibility index (Phi) is 6.98. The first kappa shape index (κ1) is 16.9. The van der Waals surface area contributed by atoms with Crippen molar-refractivity contribution in [3.8, 4) is 0 Å². The van der Waals surface area contributed by atoms with Crippen LogP contribution in [0, 0.1) is 15.4 Å². The summed E-state index contributed by atoms with van der Waals surface area (Å²) in [5, 5.41) is 11.7. The van der Waals surface area contributed by atoms with Gasteiger partial charge < -0.3 is 10.4 Å². The summed E-state index contributed by atoms with van der Waals surface area (Å²) in [7, 11) is 0. The minimum Gasteiger partial charge on any atom is -0.481 e. The number of rotatable bonds is 7. The summed E-state index contributed by atoms with van der Waals surface area (Å²) in [6.07, 6.45) is 0.879. The maximum Gasteiger partial charge on any atom is 0.303 e. The number of carboxylic acid groups (broad SMARTS) is 1. The van der Waals surface area contributed by atoms with E-state index in [1.807, 2.05) is 12.1 Å². The number of aliphatic carboxylic acids is 1. The van der Waals surface area contributed by atoms with Crippen LogP contribution in [0.15, 0.2) is 24.3 Å². The summed E-state index contributed by atoms with van der Waals surface area (Å²) in [6, 6.07) is 7.29. The zero-order valence-electron chi connectivity index (χ0n) is 11.7. The summed E-state index contributed by atoms with van der Waals surface area (Å²) in [5.74, 6) is -0.588. The van der Waals surface area contributed by atoms with Crippen molar-refractivity contribution in [2.24, 2.45) is 11.8 Å². The number of carboxylic acids is 1. The van der Waals surface area contributed by atoms with Crippen molar-refractivity contribution in [2.45, 2.75) is 26.7 Å². The molecule has 20 heavy (non-hydrogen) atoms. The predicted octanol–water partition coefficient (Wildman–Crippen LogP) is 3.16. The van der Waals surface area contributed by atoms with E-state index in [4.69, 9.17) is 5.11 Å². The van der Waals surface area contributed by atoms with Gasteiger partial charge >= 0.3 is 5.97 Å². The number of hydrogen-bond acceptors (Lipinski definition) is 2. The summed E-state index contributed by atoms with van der Waals surface area (Å²) in [6.45, 7) is 4.50. The Balaban J connectivity index is 2.55. The van der Waals surface area contributed by atoms with Gasteiger partial charge in [-0.1, -0.05) is 13.8 Å². The molecule has 0 aliphatic rings. The fourth-order valence-corrected chi connectivity index (χ4v) is 2.45. The molecule has 4 nitrogen and oxygen atoms in total. The molecule has 110 valence electrons. The highest BCUT2D eigenvalue weighted by Gasteiger charge is 2.16. The van der Waals surface area contributed by atoms with Crippen LogP contribution in [0.25, 0.3) is 0 Å². The van der Waals surface area contributed by atoms with Crippen LogP contribution in [-0.2, 0) is 4.79 Å². The van der Waals surface area contributed by atoms with E-state index in [0.29, 0.717) is 18.0 Å². The predicted molar refractivity (Wildman–Crippen MR) is 86.7 cm³/mol. The SMILES string of the molecule is CC(C)C[C@H](CNC(=O)c1ccc(I)cc1)CC(=O)O. The molecular formula is C15H20INO3. The van der Waals surface area contributed by atoms with Gasteiger partial charge in [-0.15, -0.1) is 0 Å². The third kappa shape index (κ3) is 6.36. The molecule has 1 amide bonds. The monoisotopic (exact) mass is 389 g/mol. The molecule has 1 aromatic rings. The summed E-state index contributed by atoms with van der Waals surface area (Å²) >= 11 is 2.18. The molecule has 0 aliphatic carbocycles. The Bertz CT molecular complexity index is 457. The lowest BCUT2D eigenvalue weighted by atomic mass is 9.94. The van der Waals surface area contributed by atoms with E-state index in [0.717, 1.165) is 9.99 Å². The third-order valence-corrected chi connectivity index (χ3v) is 3.64. The Labute approximate surface area is 133 Å². The largest absolute Gasteiger partial charge is 0.481 e. The van der Waals surface area contributed by atoms with E-state index < -0.39 is 5.97 Å². The standard InChI is InChI=1S/C15H20INO3/c1-10(2)7-11(8-14(18)19)9-17-15(20)12-3-5-13(16)6-4-12/h3-6,10-11H,7-9H2,1-2H3,(H,17,20)(H,18,19)/t11-/m0/s1. The van der Waals surface area contributed by atoms with E-state index in [-0.39, 0.29) is 18.2 Å². The van der Waals surface area contributed by atoms with Gasteiger partial charge in [0.25, 0.3) is 5.91 Å². The first-order valence-corrected chi connectivity index (χ1v) is 7.72. The van der Waals surface area contributed by atoms with Crippen molar-refractivity contribution in [1.29, 1.82) is 0 Å². The van der Waals surface area contributed by atoms with E-state index in [1.165, 1.54) is 0 Å². The number of hydrogen-bond donors (Lipinski definition) is 2. The van der Waals surface area contributed by atoms with Crippen molar-refractivity contribution >= 4 is 34.5 Å². The molecule has 1 rings (SSSR count). The first-order valence-electron chi connectivity index (χ1n) is 6.64. The number of carbonyl (C=O) groups excluding carboxylic acids is 1. The maximum atomic E-state index is 12.0. The lowest BCUT2D eigenvalue weighted by molar-refractivity contribution is -0.138. The lowest BCUT2D eigenvalue weighted by Crippen LogP contribution is -2.31. The first-order chi connectivity index (χ1) is 9.38. The van der Waals surface area contributed by atoms with Gasteiger partial charge in [0.15, 0.2) is 0 Å². The lowest BCUT2D eigenvalue weighted by Gasteiger charge is -2.17. The second-order valence-corrected chi connectivity index (χ2v) is 6.56. The average Bonchev–Trinajstić information content (AvgIpc) is 2.35. The number of benzene rings is 1. The van der Waals surface area contributed by atoms with Crippen LogP contribution in [0.5, 0.6) is 0 Å². The minimum atomic E-state index is -0.820. The molecule has 0 heterocycles. The second-order valence-electron chi connectivity index (χ2n) is 5.31. The topological polar surface area (TPSA) is 66.4 Å². The number of halogens is 1. The highest BCUT2D eigenvalue weighted by atomic mass is 127. The molecule has 0 aromatic heterocycles. The third-order valence-electron chi connectivity index (χ3n) is 2.93. The van der Waals surface area contributed by atoms with Gasteiger partial charge in [-0.25, -0.2) is 0 Å². The van der Waals surface area contributed by atoms with Crippen molar-refractivity contribution in [3.05, 3.63) is 33.4 Å². The summed E-state index contributed by atoms with van der Waals surface area (Å²) in [4.78, 5) is 22.8. The molecule has 0 unspecified atom stereocenters. The maximum absolute atomic E-state index is 12.0. The molecule has 5 heteroatoms. The van der Waals surface area contributed by atoms with Crippen molar-refractivity contribution < 1.29 is 14.7 Å². The highest BCUT2D eigenvalue weighted by Crippen LogP contribution is 2.15. The molecule has 1 aromatic carbocycles. The fourth-order valence-electron chi connectivity index (χ4n) is 2.09. The van der Waals surface area contributed by atoms with Crippen LogP contribution >= 0.6 is 22.6 Å². The van der Waals surface area contributed by atoms with Crippen LogP contribution in [0.2, 0.25) is 0 Å². The van der Waals surface area contributed by atoms with E-state index >= 15 is 0 Å². The van der Waals surface area contributed by atoms with Crippen LogP contribution in [-0.4, -0.2) is 23.5 Å². The molecule has 0 radical (unpaired) electrons. The average molecular weight is 389 g/mol. The molecular weight excluding hydrogens is 369 g/mol. The minimum absolute atomic E-state index is 0.0275. The second kappa shape index (κ2) is 8.24. The molecule has 2 N–H and O–H groups in total. The Hall–Kier alpha value is -1.11. The number of carbonyl (C=O) groups is 2. The molecule has 1 atom stereocenters. The van der Waals surface area contributed by atoms with Crippen molar-refractivity contribution in [1.82, 2.24) is 5.32 Å². The quantitative estimate of drug-likeness (QED) is 0.705. The zero-order chi connectivity index (χ0) is 15.1. The zero-order valence-corrected chi connectivity index (χ0v) is 13.9. The molecule has 0 bridgehead atoms. The summed E-state index contributed by atoms with van der Waals surface area (Å²) in [5.41, 5.74) is 0.601. The Morgan fingerprint density at radius 1 is 1.25 bits per heavy atom. The van der Waals surface area contributed by atoms with E-state index in [9.17, 15) is 9.59 Å². The van der Waals surface area contributed by atoms with Gasteiger partial charge in [-0.05, 0) is 65.1 Å². The smallest absolute Gasteiger partial charge is 0.303 e. The molecule has 0 fully saturated rings. The Morgan fingerprint density at radius 2 is 1.85 bits per heavy atom.